The Bertz CT molecular complexity index is 624. The maximum atomic E-state index is 9.12. The molecule has 94 valence electrons. The van der Waals surface area contributed by atoms with Crippen LogP contribution < -0.4 is 5.73 Å². The Hall–Kier alpha value is -1.73. The summed E-state index contributed by atoms with van der Waals surface area (Å²) in [6, 6.07) is 0.0116. The first-order valence-corrected chi connectivity index (χ1v) is 5.90. The number of aliphatic hydroxyl groups excluding tert-OH is 1. The van der Waals surface area contributed by atoms with Crippen LogP contribution in [0.1, 0.15) is 12.5 Å². The van der Waals surface area contributed by atoms with E-state index in [0.717, 1.165) is 6.42 Å². The molecule has 3 rings (SSSR count). The van der Waals surface area contributed by atoms with Crippen LogP contribution in [0, 0.1) is 5.92 Å². The zero-order valence-electron chi connectivity index (χ0n) is 9.36. The van der Waals surface area contributed by atoms with Crippen LogP contribution >= 0.6 is 11.6 Å². The van der Waals surface area contributed by atoms with Crippen molar-refractivity contribution in [2.45, 2.75) is 12.5 Å². The number of halogens is 1. The van der Waals surface area contributed by atoms with Crippen LogP contribution in [0.25, 0.3) is 11.2 Å². The van der Waals surface area contributed by atoms with Crippen LogP contribution in [0.4, 0.5) is 5.95 Å². The van der Waals surface area contributed by atoms with Gasteiger partial charge in [0, 0.05) is 12.5 Å². The predicted octanol–water partition coefficient (Wildman–Crippen LogP) is 0.566. The molecule has 0 fully saturated rings. The molecule has 0 radical (unpaired) electrons. The Labute approximate surface area is 107 Å². The van der Waals surface area contributed by atoms with Gasteiger partial charge in [-0.05, 0) is 6.42 Å². The van der Waals surface area contributed by atoms with Crippen LogP contribution in [0.3, 0.4) is 0 Å². The van der Waals surface area contributed by atoms with Gasteiger partial charge in [-0.15, -0.1) is 5.10 Å². The second-order valence-electron chi connectivity index (χ2n) is 4.21. The van der Waals surface area contributed by atoms with E-state index in [2.05, 4.69) is 20.3 Å². The molecule has 1 aliphatic rings. The molecule has 8 heteroatoms. The number of hydrogen-bond acceptors (Lipinski definition) is 6. The summed E-state index contributed by atoms with van der Waals surface area (Å²) in [5, 5.41) is 17.3. The van der Waals surface area contributed by atoms with Gasteiger partial charge in [0.25, 0.3) is 0 Å². The first kappa shape index (κ1) is 11.4. The van der Waals surface area contributed by atoms with Crippen molar-refractivity contribution in [1.29, 1.82) is 0 Å². The fourth-order valence-corrected chi connectivity index (χ4v) is 2.31. The van der Waals surface area contributed by atoms with Gasteiger partial charge in [0.1, 0.15) is 0 Å². The zero-order chi connectivity index (χ0) is 12.7. The van der Waals surface area contributed by atoms with Gasteiger partial charge in [0.05, 0.1) is 6.04 Å². The highest BCUT2D eigenvalue weighted by molar-refractivity contribution is 6.33. The number of aromatic nitrogens is 5. The average molecular weight is 267 g/mol. The smallest absolute Gasteiger partial charge is 0.223 e. The van der Waals surface area contributed by atoms with Gasteiger partial charge < -0.3 is 10.8 Å². The summed E-state index contributed by atoms with van der Waals surface area (Å²) < 4.78 is 1.66. The molecule has 0 aliphatic heterocycles. The van der Waals surface area contributed by atoms with Gasteiger partial charge >= 0.3 is 0 Å². The minimum Gasteiger partial charge on any atom is -0.396 e. The number of nitrogen functional groups attached to an aromatic ring is 1. The fourth-order valence-electron chi connectivity index (χ4n) is 2.11. The topological polar surface area (TPSA) is 103 Å². The molecule has 0 saturated heterocycles. The lowest BCUT2D eigenvalue weighted by Gasteiger charge is -2.10. The minimum absolute atomic E-state index is 0.0116. The molecule has 0 saturated carbocycles. The number of allylic oxidation sites excluding steroid dienone is 1. The van der Waals surface area contributed by atoms with Crippen molar-refractivity contribution in [3.8, 4) is 0 Å². The van der Waals surface area contributed by atoms with Gasteiger partial charge in [0.2, 0.25) is 5.95 Å². The Morgan fingerprint density at radius 2 is 2.28 bits per heavy atom. The van der Waals surface area contributed by atoms with E-state index < -0.39 is 0 Å². The minimum atomic E-state index is 0.0116. The maximum Gasteiger partial charge on any atom is 0.223 e. The number of hydrogen-bond donors (Lipinski definition) is 2. The standard InChI is InChI=1S/C10H11ClN6O/c11-8-7-9(14-10(12)13-8)17(16-15-7)6-2-1-5(3-6)4-18/h1-2,5-6,18H,3-4H2,(H2,12,13,14). The Kier molecular flexibility index (Phi) is 2.64. The van der Waals surface area contributed by atoms with Crippen molar-refractivity contribution in [2.75, 3.05) is 12.3 Å². The van der Waals surface area contributed by atoms with Gasteiger partial charge in [-0.1, -0.05) is 29.0 Å². The van der Waals surface area contributed by atoms with Crippen LogP contribution in [-0.4, -0.2) is 36.7 Å². The lowest BCUT2D eigenvalue weighted by Crippen LogP contribution is -2.10. The SMILES string of the molecule is Nc1nc(Cl)c2nnn(C3C=CC(CO)C3)c2n1. The Morgan fingerprint density at radius 1 is 1.44 bits per heavy atom. The summed E-state index contributed by atoms with van der Waals surface area (Å²) in [6.45, 7) is 0.123. The van der Waals surface area contributed by atoms with Crippen molar-refractivity contribution in [3.05, 3.63) is 17.3 Å². The molecule has 2 unspecified atom stereocenters. The normalized spacial score (nSPS) is 23.0. The molecule has 2 aromatic heterocycles. The van der Waals surface area contributed by atoms with Gasteiger partial charge in [-0.25, -0.2) is 4.68 Å². The van der Waals surface area contributed by atoms with Crippen LogP contribution in [0.15, 0.2) is 12.2 Å². The van der Waals surface area contributed by atoms with Crippen molar-refractivity contribution < 1.29 is 5.11 Å². The van der Waals surface area contributed by atoms with E-state index in [4.69, 9.17) is 22.4 Å². The van der Waals surface area contributed by atoms with Crippen molar-refractivity contribution in [1.82, 2.24) is 25.0 Å². The molecular weight excluding hydrogens is 256 g/mol. The number of nitrogens with zero attached hydrogens (tertiary/aromatic N) is 5. The summed E-state index contributed by atoms with van der Waals surface area (Å²) in [5.74, 6) is 0.237. The number of anilines is 1. The molecule has 1 aliphatic carbocycles. The fraction of sp³-hybridized carbons (Fsp3) is 0.400. The monoisotopic (exact) mass is 266 g/mol. The Balaban J connectivity index is 2.06. The molecule has 7 nitrogen and oxygen atoms in total. The third-order valence-corrected chi connectivity index (χ3v) is 3.26. The summed E-state index contributed by atoms with van der Waals surface area (Å²) >= 11 is 5.93. The van der Waals surface area contributed by atoms with E-state index in [1.807, 2.05) is 12.2 Å². The summed E-state index contributed by atoms with van der Waals surface area (Å²) in [6.07, 6.45) is 4.70. The predicted molar refractivity (Wildman–Crippen MR) is 65.9 cm³/mol. The van der Waals surface area contributed by atoms with Crippen molar-refractivity contribution >= 4 is 28.7 Å². The lowest BCUT2D eigenvalue weighted by molar-refractivity contribution is 0.243. The number of rotatable bonds is 2. The highest BCUT2D eigenvalue weighted by Gasteiger charge is 2.23. The van der Waals surface area contributed by atoms with E-state index in [9.17, 15) is 0 Å². The van der Waals surface area contributed by atoms with Crippen LogP contribution in [0.5, 0.6) is 0 Å². The molecule has 0 amide bonds. The quantitative estimate of drug-likeness (QED) is 0.608. The first-order chi connectivity index (χ1) is 8.69. The highest BCUT2D eigenvalue weighted by Crippen LogP contribution is 2.29. The van der Waals surface area contributed by atoms with E-state index >= 15 is 0 Å². The maximum absolute atomic E-state index is 9.12. The van der Waals surface area contributed by atoms with Crippen LogP contribution in [0.2, 0.25) is 5.15 Å². The van der Waals surface area contributed by atoms with E-state index in [1.165, 1.54) is 0 Å². The molecule has 0 spiro atoms. The Morgan fingerprint density at radius 3 is 3.00 bits per heavy atom. The second kappa shape index (κ2) is 4.18. The van der Waals surface area contributed by atoms with Crippen molar-refractivity contribution in [2.24, 2.45) is 5.92 Å². The second-order valence-corrected chi connectivity index (χ2v) is 4.57. The third kappa shape index (κ3) is 1.72. The summed E-state index contributed by atoms with van der Waals surface area (Å²) in [7, 11) is 0. The molecule has 0 bridgehead atoms. The van der Waals surface area contributed by atoms with Gasteiger partial charge in [0.15, 0.2) is 16.3 Å². The van der Waals surface area contributed by atoms with Crippen LogP contribution in [-0.2, 0) is 0 Å². The van der Waals surface area contributed by atoms with E-state index in [0.29, 0.717) is 11.2 Å². The highest BCUT2D eigenvalue weighted by atomic mass is 35.5. The van der Waals surface area contributed by atoms with E-state index in [1.54, 1.807) is 4.68 Å². The third-order valence-electron chi connectivity index (χ3n) is 3.00. The lowest BCUT2D eigenvalue weighted by atomic mass is 10.1. The molecule has 3 N–H and O–H groups in total. The number of fused-ring (bicyclic) bond motifs is 1. The summed E-state index contributed by atoms with van der Waals surface area (Å²) in [5.41, 5.74) is 6.52. The number of aliphatic hydroxyl groups is 1. The molecule has 2 aromatic rings. The summed E-state index contributed by atoms with van der Waals surface area (Å²) in [4.78, 5) is 7.95. The van der Waals surface area contributed by atoms with Gasteiger partial charge in [-0.3, -0.25) is 0 Å². The number of nitrogens with two attached hydrogens (primary N) is 1. The average Bonchev–Trinajstić information content (AvgIpc) is 2.93. The van der Waals surface area contributed by atoms with Gasteiger partial charge in [-0.2, -0.15) is 9.97 Å². The molecular formula is C10H11ClN6O. The molecule has 2 heterocycles. The van der Waals surface area contributed by atoms with E-state index in [-0.39, 0.29) is 29.7 Å². The molecule has 0 aromatic carbocycles. The molecule has 18 heavy (non-hydrogen) atoms. The first-order valence-electron chi connectivity index (χ1n) is 5.52. The zero-order valence-corrected chi connectivity index (χ0v) is 10.1. The largest absolute Gasteiger partial charge is 0.396 e. The van der Waals surface area contributed by atoms with Crippen molar-refractivity contribution in [3.63, 3.8) is 0 Å². The molecule has 2 atom stereocenters.